The maximum Gasteiger partial charge on any atom is 0.359 e. The van der Waals surface area contributed by atoms with Crippen molar-refractivity contribution in [3.63, 3.8) is 0 Å². The summed E-state index contributed by atoms with van der Waals surface area (Å²) in [5, 5.41) is 18.5. The molecule has 0 amide bonds. The standard InChI is InChI=1S/C24H27N3O5S2/c1-32-19-9-3-16(4-10-19)15-27-23(22(24(28)29)25-26-27)33-20-11-5-17(6-12-20)18-7-13-21(14-8-18)34(2,30)31/h3-4,7-10,13-14,17,20H,5-6,11-12,15H2,1-2H3,(H,28,29). The van der Waals surface area contributed by atoms with Gasteiger partial charge < -0.3 is 9.84 Å². The second-order valence-corrected chi connectivity index (χ2v) is 11.8. The Hall–Kier alpha value is -2.85. The van der Waals surface area contributed by atoms with E-state index in [-0.39, 0.29) is 10.9 Å². The number of rotatable bonds is 8. The first-order valence-electron chi connectivity index (χ1n) is 11.0. The molecule has 1 fully saturated rings. The number of carboxylic acid groups (broad SMARTS) is 1. The number of sulfone groups is 1. The molecule has 0 unspecified atom stereocenters. The average molecular weight is 502 g/mol. The molecule has 1 aliphatic rings. The Labute approximate surface area is 203 Å². The first-order valence-corrected chi connectivity index (χ1v) is 13.8. The summed E-state index contributed by atoms with van der Waals surface area (Å²) in [5.41, 5.74) is 2.11. The van der Waals surface area contributed by atoms with E-state index in [0.717, 1.165) is 42.6 Å². The van der Waals surface area contributed by atoms with Crippen LogP contribution in [0, 0.1) is 0 Å². The molecule has 1 aliphatic carbocycles. The van der Waals surface area contributed by atoms with Gasteiger partial charge in [0.25, 0.3) is 0 Å². The van der Waals surface area contributed by atoms with Crippen molar-refractivity contribution in [1.82, 2.24) is 15.0 Å². The van der Waals surface area contributed by atoms with Crippen LogP contribution in [0.15, 0.2) is 58.5 Å². The van der Waals surface area contributed by atoms with Crippen LogP contribution in [0.5, 0.6) is 5.75 Å². The molecule has 1 saturated carbocycles. The van der Waals surface area contributed by atoms with Gasteiger partial charge in [0.2, 0.25) is 5.69 Å². The average Bonchev–Trinajstić information content (AvgIpc) is 3.22. The Kier molecular flexibility index (Phi) is 7.27. The van der Waals surface area contributed by atoms with Crippen LogP contribution < -0.4 is 4.74 Å². The summed E-state index contributed by atoms with van der Waals surface area (Å²) in [6.45, 7) is 0.425. The van der Waals surface area contributed by atoms with E-state index in [4.69, 9.17) is 4.74 Å². The summed E-state index contributed by atoms with van der Waals surface area (Å²) in [7, 11) is -1.59. The van der Waals surface area contributed by atoms with Gasteiger partial charge in [-0.15, -0.1) is 16.9 Å². The van der Waals surface area contributed by atoms with Crippen LogP contribution in [-0.2, 0) is 16.4 Å². The normalized spacial score (nSPS) is 18.5. The van der Waals surface area contributed by atoms with Crippen LogP contribution >= 0.6 is 11.8 Å². The van der Waals surface area contributed by atoms with E-state index in [1.54, 1.807) is 23.9 Å². The maximum absolute atomic E-state index is 11.8. The molecule has 0 atom stereocenters. The fourth-order valence-corrected chi connectivity index (χ4v) is 6.14. The van der Waals surface area contributed by atoms with E-state index in [1.165, 1.54) is 18.0 Å². The highest BCUT2D eigenvalue weighted by molar-refractivity contribution is 8.00. The lowest BCUT2D eigenvalue weighted by molar-refractivity contribution is 0.0686. The number of thioether (sulfide) groups is 1. The molecule has 34 heavy (non-hydrogen) atoms. The smallest absolute Gasteiger partial charge is 0.359 e. The van der Waals surface area contributed by atoms with E-state index in [9.17, 15) is 18.3 Å². The van der Waals surface area contributed by atoms with E-state index < -0.39 is 15.8 Å². The van der Waals surface area contributed by atoms with Crippen LogP contribution in [0.1, 0.15) is 53.2 Å². The quantitative estimate of drug-likeness (QED) is 0.487. The number of aromatic nitrogens is 3. The molecule has 0 bridgehead atoms. The highest BCUT2D eigenvalue weighted by Crippen LogP contribution is 2.40. The number of aromatic carboxylic acids is 1. The van der Waals surface area contributed by atoms with Gasteiger partial charge in [-0.1, -0.05) is 29.5 Å². The zero-order chi connectivity index (χ0) is 24.3. The minimum Gasteiger partial charge on any atom is -0.497 e. The summed E-state index contributed by atoms with van der Waals surface area (Å²) >= 11 is 1.54. The van der Waals surface area contributed by atoms with Crippen molar-refractivity contribution < 1.29 is 23.1 Å². The van der Waals surface area contributed by atoms with Gasteiger partial charge in [-0.2, -0.15) is 0 Å². The van der Waals surface area contributed by atoms with E-state index >= 15 is 0 Å². The predicted molar refractivity (Wildman–Crippen MR) is 129 cm³/mol. The first kappa shape index (κ1) is 24.3. The molecule has 0 radical (unpaired) electrons. The van der Waals surface area contributed by atoms with E-state index in [0.29, 0.717) is 22.4 Å². The zero-order valence-electron chi connectivity index (χ0n) is 19.0. The van der Waals surface area contributed by atoms with Gasteiger partial charge in [-0.25, -0.2) is 17.9 Å². The van der Waals surface area contributed by atoms with E-state index in [2.05, 4.69) is 10.3 Å². The first-order chi connectivity index (χ1) is 16.2. The number of benzene rings is 2. The number of carboxylic acids is 1. The SMILES string of the molecule is COc1ccc(Cn2nnc(C(=O)O)c2SC2CCC(c3ccc(S(C)(=O)=O)cc3)CC2)cc1. The van der Waals surface area contributed by atoms with Crippen molar-refractivity contribution >= 4 is 27.6 Å². The third-order valence-electron chi connectivity index (χ3n) is 6.12. The van der Waals surface area contributed by atoms with Gasteiger partial charge in [-0.05, 0) is 67.0 Å². The number of ether oxygens (including phenoxy) is 1. The van der Waals surface area contributed by atoms with Gasteiger partial charge in [0.1, 0.15) is 10.8 Å². The highest BCUT2D eigenvalue weighted by Gasteiger charge is 2.28. The molecule has 0 aliphatic heterocycles. The molecular formula is C24H27N3O5S2. The molecule has 2 aromatic carbocycles. The third kappa shape index (κ3) is 5.61. The fraction of sp³-hybridized carbons (Fsp3) is 0.375. The topological polar surface area (TPSA) is 111 Å². The molecule has 1 N–H and O–H groups in total. The second kappa shape index (κ2) is 10.2. The van der Waals surface area contributed by atoms with Gasteiger partial charge >= 0.3 is 5.97 Å². The Morgan fingerprint density at radius 1 is 1.09 bits per heavy atom. The summed E-state index contributed by atoms with van der Waals surface area (Å²) in [6.07, 6.45) is 4.98. The van der Waals surface area contributed by atoms with Crippen molar-refractivity contribution in [3.05, 3.63) is 65.4 Å². The Balaban J connectivity index is 1.43. The van der Waals surface area contributed by atoms with E-state index in [1.807, 2.05) is 36.4 Å². The minimum absolute atomic E-state index is 0.0167. The van der Waals surface area contributed by atoms with Crippen LogP contribution in [0.25, 0.3) is 0 Å². The molecule has 3 aromatic rings. The maximum atomic E-state index is 11.8. The summed E-state index contributed by atoms with van der Waals surface area (Å²) in [6, 6.07) is 14.7. The molecule has 0 saturated heterocycles. The Morgan fingerprint density at radius 3 is 2.29 bits per heavy atom. The van der Waals surface area contributed by atoms with Crippen LogP contribution in [-0.4, -0.2) is 53.1 Å². The largest absolute Gasteiger partial charge is 0.497 e. The predicted octanol–water partition coefficient (Wildman–Crippen LogP) is 4.26. The molecule has 1 aromatic heterocycles. The van der Waals surface area contributed by atoms with Gasteiger partial charge in [0.05, 0.1) is 18.6 Å². The van der Waals surface area contributed by atoms with Crippen LogP contribution in [0.4, 0.5) is 0 Å². The van der Waals surface area contributed by atoms with Crippen LogP contribution in [0.2, 0.25) is 0 Å². The Morgan fingerprint density at radius 2 is 1.74 bits per heavy atom. The summed E-state index contributed by atoms with van der Waals surface area (Å²) in [5.74, 6) is 0.0424. The lowest BCUT2D eigenvalue weighted by Crippen LogP contribution is -2.17. The third-order valence-corrected chi connectivity index (χ3v) is 8.68. The zero-order valence-corrected chi connectivity index (χ0v) is 20.7. The van der Waals surface area contributed by atoms with Gasteiger partial charge in [0, 0.05) is 11.5 Å². The highest BCUT2D eigenvalue weighted by atomic mass is 32.2. The molecule has 180 valence electrons. The molecule has 4 rings (SSSR count). The van der Waals surface area contributed by atoms with Crippen molar-refractivity contribution in [2.45, 2.75) is 53.3 Å². The number of hydrogen-bond acceptors (Lipinski definition) is 7. The summed E-state index contributed by atoms with van der Waals surface area (Å²) in [4.78, 5) is 12.1. The lowest BCUT2D eigenvalue weighted by atomic mass is 9.84. The number of methoxy groups -OCH3 is 1. The van der Waals surface area contributed by atoms with Crippen molar-refractivity contribution in [3.8, 4) is 5.75 Å². The molecular weight excluding hydrogens is 474 g/mol. The molecule has 8 nitrogen and oxygen atoms in total. The minimum atomic E-state index is -3.20. The van der Waals surface area contributed by atoms with Crippen molar-refractivity contribution in [1.29, 1.82) is 0 Å². The molecule has 1 heterocycles. The summed E-state index contributed by atoms with van der Waals surface area (Å²) < 4.78 is 30.3. The van der Waals surface area contributed by atoms with Crippen molar-refractivity contribution in [2.24, 2.45) is 0 Å². The van der Waals surface area contributed by atoms with Gasteiger partial charge in [0.15, 0.2) is 9.84 Å². The number of carbonyl (C=O) groups is 1. The monoisotopic (exact) mass is 501 g/mol. The van der Waals surface area contributed by atoms with Crippen molar-refractivity contribution in [2.75, 3.05) is 13.4 Å². The molecule has 10 heteroatoms. The second-order valence-electron chi connectivity index (χ2n) is 8.49. The fourth-order valence-electron chi connectivity index (χ4n) is 4.22. The van der Waals surface area contributed by atoms with Gasteiger partial charge in [-0.3, -0.25) is 0 Å². The molecule has 0 spiro atoms. The van der Waals surface area contributed by atoms with Crippen LogP contribution in [0.3, 0.4) is 0 Å². The number of nitrogens with zero attached hydrogens (tertiary/aromatic N) is 3. The number of hydrogen-bond donors (Lipinski definition) is 1. The Bertz CT molecular complexity index is 1250. The lowest BCUT2D eigenvalue weighted by Gasteiger charge is -2.28.